The first-order valence-corrected chi connectivity index (χ1v) is 6.95. The summed E-state index contributed by atoms with van der Waals surface area (Å²) in [5, 5.41) is 0. The summed E-state index contributed by atoms with van der Waals surface area (Å²) in [5.41, 5.74) is 1.29. The molecule has 0 spiro atoms. The van der Waals surface area contributed by atoms with Crippen LogP contribution in [0.2, 0.25) is 0 Å². The molecule has 1 aromatic carbocycles. The van der Waals surface area contributed by atoms with Gasteiger partial charge in [-0.3, -0.25) is 9.78 Å². The summed E-state index contributed by atoms with van der Waals surface area (Å²) >= 11 is 0. The minimum Gasteiger partial charge on any atom is -0.493 e. The molecule has 6 heteroatoms. The summed E-state index contributed by atoms with van der Waals surface area (Å²) in [6, 6.07) is 5.61. The van der Waals surface area contributed by atoms with Gasteiger partial charge in [-0.2, -0.15) is 0 Å². The van der Waals surface area contributed by atoms with E-state index in [-0.39, 0.29) is 5.91 Å². The number of carbonyl (C=O) groups excluding carboxylic acids is 1. The largest absolute Gasteiger partial charge is 0.493 e. The summed E-state index contributed by atoms with van der Waals surface area (Å²) in [7, 11) is 3.18. The van der Waals surface area contributed by atoms with Gasteiger partial charge in [0.15, 0.2) is 11.5 Å². The Morgan fingerprint density at radius 1 is 1.18 bits per heavy atom. The van der Waals surface area contributed by atoms with Gasteiger partial charge in [0.2, 0.25) is 0 Å². The van der Waals surface area contributed by atoms with Gasteiger partial charge in [-0.25, -0.2) is 4.98 Å². The lowest BCUT2D eigenvalue weighted by molar-refractivity contribution is 0.0746. The monoisotopic (exact) mass is 301 g/mol. The average Bonchev–Trinajstić information content (AvgIpc) is 2.59. The normalized spacial score (nSPS) is 10.1. The van der Waals surface area contributed by atoms with Crippen molar-refractivity contribution >= 4 is 5.91 Å². The Balaban J connectivity index is 2.18. The number of carbonyl (C=O) groups is 1. The maximum atomic E-state index is 12.4. The second kappa shape index (κ2) is 7.40. The number of hydrogen-bond acceptors (Lipinski definition) is 5. The number of rotatable bonds is 6. The topological polar surface area (TPSA) is 64.6 Å². The lowest BCUT2D eigenvalue weighted by Crippen LogP contribution is -2.31. The predicted molar refractivity (Wildman–Crippen MR) is 82.0 cm³/mol. The highest BCUT2D eigenvalue weighted by Gasteiger charge is 2.16. The van der Waals surface area contributed by atoms with Gasteiger partial charge < -0.3 is 14.4 Å². The molecule has 0 fully saturated rings. The van der Waals surface area contributed by atoms with Crippen LogP contribution in [0.15, 0.2) is 36.8 Å². The van der Waals surface area contributed by atoms with Crippen molar-refractivity contribution in [2.45, 2.75) is 13.5 Å². The molecule has 0 saturated heterocycles. The van der Waals surface area contributed by atoms with E-state index in [9.17, 15) is 4.79 Å². The SMILES string of the molecule is CCN(Cc1ccc(OC)c(OC)c1)C(=O)c1cnccn1. The first-order chi connectivity index (χ1) is 10.7. The molecule has 2 aromatic rings. The molecule has 6 nitrogen and oxygen atoms in total. The van der Waals surface area contributed by atoms with Gasteiger partial charge in [-0.05, 0) is 24.6 Å². The van der Waals surface area contributed by atoms with Gasteiger partial charge in [0.05, 0.1) is 20.4 Å². The molecular weight excluding hydrogens is 282 g/mol. The van der Waals surface area contributed by atoms with Gasteiger partial charge in [-0.15, -0.1) is 0 Å². The number of nitrogens with zero attached hydrogens (tertiary/aromatic N) is 3. The smallest absolute Gasteiger partial charge is 0.274 e. The number of aromatic nitrogens is 2. The van der Waals surface area contributed by atoms with E-state index < -0.39 is 0 Å². The minimum absolute atomic E-state index is 0.148. The molecule has 0 saturated carbocycles. The molecule has 1 amide bonds. The second-order valence-electron chi connectivity index (χ2n) is 4.60. The van der Waals surface area contributed by atoms with Crippen LogP contribution in [0.25, 0.3) is 0 Å². The van der Waals surface area contributed by atoms with Crippen LogP contribution in [0, 0.1) is 0 Å². The van der Waals surface area contributed by atoms with Gasteiger partial charge in [0.25, 0.3) is 5.91 Å². The van der Waals surface area contributed by atoms with Crippen molar-refractivity contribution < 1.29 is 14.3 Å². The average molecular weight is 301 g/mol. The number of ether oxygens (including phenoxy) is 2. The van der Waals surface area contributed by atoms with Crippen LogP contribution in [0.5, 0.6) is 11.5 Å². The molecule has 0 unspecified atom stereocenters. The van der Waals surface area contributed by atoms with Crippen molar-refractivity contribution in [2.75, 3.05) is 20.8 Å². The zero-order chi connectivity index (χ0) is 15.9. The number of methoxy groups -OCH3 is 2. The highest BCUT2D eigenvalue weighted by molar-refractivity contribution is 5.91. The number of benzene rings is 1. The molecule has 116 valence electrons. The predicted octanol–water partition coefficient (Wildman–Crippen LogP) is 2.16. The zero-order valence-electron chi connectivity index (χ0n) is 12.9. The van der Waals surface area contributed by atoms with E-state index >= 15 is 0 Å². The molecule has 0 N–H and O–H groups in total. The molecule has 1 aromatic heterocycles. The maximum Gasteiger partial charge on any atom is 0.274 e. The van der Waals surface area contributed by atoms with Crippen molar-refractivity contribution in [3.05, 3.63) is 48.0 Å². The third-order valence-electron chi connectivity index (χ3n) is 3.27. The van der Waals surface area contributed by atoms with Gasteiger partial charge >= 0.3 is 0 Å². The van der Waals surface area contributed by atoms with Crippen molar-refractivity contribution in [1.82, 2.24) is 14.9 Å². The number of amides is 1. The first kappa shape index (κ1) is 15.8. The fraction of sp³-hybridized carbons (Fsp3) is 0.312. The lowest BCUT2D eigenvalue weighted by atomic mass is 10.2. The zero-order valence-corrected chi connectivity index (χ0v) is 12.9. The summed E-state index contributed by atoms with van der Waals surface area (Å²) in [5.74, 6) is 1.16. The van der Waals surface area contributed by atoms with Crippen molar-refractivity contribution in [3.63, 3.8) is 0 Å². The molecule has 0 atom stereocenters. The Morgan fingerprint density at radius 2 is 1.95 bits per heavy atom. The first-order valence-electron chi connectivity index (χ1n) is 6.95. The lowest BCUT2D eigenvalue weighted by Gasteiger charge is -2.21. The Morgan fingerprint density at radius 3 is 2.55 bits per heavy atom. The Hall–Kier alpha value is -2.63. The van der Waals surface area contributed by atoms with Crippen molar-refractivity contribution in [2.24, 2.45) is 0 Å². The van der Waals surface area contributed by atoms with Crippen LogP contribution in [0.3, 0.4) is 0 Å². The van der Waals surface area contributed by atoms with E-state index in [2.05, 4.69) is 9.97 Å². The van der Waals surface area contributed by atoms with Crippen LogP contribution in [0.1, 0.15) is 23.0 Å². The van der Waals surface area contributed by atoms with Crippen LogP contribution in [-0.2, 0) is 6.54 Å². The molecule has 1 heterocycles. The van der Waals surface area contributed by atoms with Crippen LogP contribution < -0.4 is 9.47 Å². The highest BCUT2D eigenvalue weighted by Crippen LogP contribution is 2.28. The Labute approximate surface area is 129 Å². The van der Waals surface area contributed by atoms with E-state index in [0.717, 1.165) is 5.56 Å². The van der Waals surface area contributed by atoms with Gasteiger partial charge in [0.1, 0.15) is 5.69 Å². The molecule has 0 aliphatic heterocycles. The van der Waals surface area contributed by atoms with E-state index in [0.29, 0.717) is 30.3 Å². The Bertz CT molecular complexity index is 632. The number of hydrogen-bond donors (Lipinski definition) is 0. The molecule has 0 bridgehead atoms. The summed E-state index contributed by atoms with van der Waals surface area (Å²) in [6.45, 7) is 2.96. The third kappa shape index (κ3) is 3.52. The van der Waals surface area contributed by atoms with E-state index in [1.807, 2.05) is 25.1 Å². The molecule has 0 aliphatic carbocycles. The molecular formula is C16H19N3O3. The van der Waals surface area contributed by atoms with Crippen LogP contribution in [-0.4, -0.2) is 41.5 Å². The molecule has 0 radical (unpaired) electrons. The van der Waals surface area contributed by atoms with Crippen LogP contribution in [0.4, 0.5) is 0 Å². The van der Waals surface area contributed by atoms with Gasteiger partial charge in [-0.1, -0.05) is 6.07 Å². The fourth-order valence-electron chi connectivity index (χ4n) is 2.10. The molecule has 2 rings (SSSR count). The standard InChI is InChI=1S/C16H19N3O3/c1-4-19(16(20)13-10-17-7-8-18-13)11-12-5-6-14(21-2)15(9-12)22-3/h5-10H,4,11H2,1-3H3. The van der Waals surface area contributed by atoms with Crippen LogP contribution >= 0.6 is 0 Å². The quantitative estimate of drug-likeness (QED) is 0.818. The van der Waals surface area contributed by atoms with E-state index in [1.54, 1.807) is 25.3 Å². The Kier molecular flexibility index (Phi) is 5.30. The molecule has 0 aliphatic rings. The van der Waals surface area contributed by atoms with Crippen molar-refractivity contribution in [1.29, 1.82) is 0 Å². The summed E-state index contributed by atoms with van der Waals surface area (Å²) < 4.78 is 10.5. The minimum atomic E-state index is -0.148. The molecule has 22 heavy (non-hydrogen) atoms. The van der Waals surface area contributed by atoms with E-state index in [1.165, 1.54) is 12.4 Å². The summed E-state index contributed by atoms with van der Waals surface area (Å²) in [6.07, 6.45) is 4.53. The van der Waals surface area contributed by atoms with Gasteiger partial charge in [0, 0.05) is 25.5 Å². The summed E-state index contributed by atoms with van der Waals surface area (Å²) in [4.78, 5) is 22.1. The maximum absolute atomic E-state index is 12.4. The third-order valence-corrected chi connectivity index (χ3v) is 3.27. The fourth-order valence-corrected chi connectivity index (χ4v) is 2.10. The van der Waals surface area contributed by atoms with Crippen molar-refractivity contribution in [3.8, 4) is 11.5 Å². The van der Waals surface area contributed by atoms with E-state index in [4.69, 9.17) is 9.47 Å². The highest BCUT2D eigenvalue weighted by atomic mass is 16.5. The second-order valence-corrected chi connectivity index (χ2v) is 4.60.